The molecule has 2 heterocycles. The summed E-state index contributed by atoms with van der Waals surface area (Å²) in [5, 5.41) is 28.1. The predicted molar refractivity (Wildman–Crippen MR) is 67.5 cm³/mol. The number of hydrogen-bond acceptors (Lipinski definition) is 4. The Labute approximate surface area is 107 Å². The average molecular weight is 252 g/mol. The van der Waals surface area contributed by atoms with Gasteiger partial charge in [0, 0.05) is 13.2 Å². The molecule has 0 unspecified atom stereocenters. The van der Waals surface area contributed by atoms with E-state index in [2.05, 4.69) is 5.10 Å². The van der Waals surface area contributed by atoms with Crippen LogP contribution in [0.25, 0.3) is 0 Å². The summed E-state index contributed by atoms with van der Waals surface area (Å²) in [5.74, 6) is 0.260. The molecule has 0 bridgehead atoms. The molecule has 0 radical (unpaired) electrons. The van der Waals surface area contributed by atoms with Crippen LogP contribution in [0, 0.1) is 12.1 Å². The molecule has 0 aliphatic carbocycles. The maximum absolute atomic E-state index is 12.5. The molecule has 1 aromatic rings. The minimum atomic E-state index is -0.723. The summed E-state index contributed by atoms with van der Waals surface area (Å²) in [4.78, 5) is 0. The fraction of sp³-hybridized carbons (Fsp3) is 0.667. The van der Waals surface area contributed by atoms with Crippen molar-refractivity contribution in [3.05, 3.63) is 22.7 Å². The minimum absolute atomic E-state index is 0.260. The van der Waals surface area contributed by atoms with Crippen LogP contribution in [0.2, 0.25) is 0 Å². The Balaban J connectivity index is 2.65. The molecule has 0 aromatic carbocycles. The molecule has 2 rings (SSSR count). The van der Waals surface area contributed by atoms with Gasteiger partial charge in [0.05, 0.1) is 5.69 Å². The van der Waals surface area contributed by atoms with Crippen molar-refractivity contribution >= 4 is 5.84 Å². The summed E-state index contributed by atoms with van der Waals surface area (Å²) >= 11 is 0. The van der Waals surface area contributed by atoms with E-state index < -0.39 is 11.1 Å². The first kappa shape index (κ1) is 12.9. The van der Waals surface area contributed by atoms with E-state index in [9.17, 15) is 10.4 Å². The van der Waals surface area contributed by atoms with E-state index in [1.807, 2.05) is 34.6 Å². The smallest absolute Gasteiger partial charge is 0.317 e. The van der Waals surface area contributed by atoms with Crippen molar-refractivity contribution in [1.29, 1.82) is 0 Å². The highest BCUT2D eigenvalue weighted by Crippen LogP contribution is 2.37. The van der Waals surface area contributed by atoms with Gasteiger partial charge in [0.2, 0.25) is 0 Å². The lowest BCUT2D eigenvalue weighted by atomic mass is 9.84. The zero-order chi connectivity index (χ0) is 13.9. The van der Waals surface area contributed by atoms with Crippen molar-refractivity contribution in [2.45, 2.75) is 45.7 Å². The predicted octanol–water partition coefficient (Wildman–Crippen LogP) is 1.25. The van der Waals surface area contributed by atoms with Gasteiger partial charge in [-0.3, -0.25) is 9.42 Å². The second-order valence-electron chi connectivity index (χ2n) is 5.85. The Morgan fingerprint density at radius 1 is 1.33 bits per heavy atom. The molecule has 6 nitrogen and oxygen atoms in total. The number of rotatable bonds is 1. The van der Waals surface area contributed by atoms with Gasteiger partial charge in [-0.2, -0.15) is 5.10 Å². The standard InChI is InChI=1S/C12H20N4O2/c1-8-9(7-14(6)13-8)10-15(17)11(2,3)12(4,5)16(10)18/h7,17H,1-6H3. The lowest BCUT2D eigenvalue weighted by Gasteiger charge is -2.33. The van der Waals surface area contributed by atoms with E-state index in [0.717, 1.165) is 15.5 Å². The number of amidine groups is 1. The van der Waals surface area contributed by atoms with Crippen LogP contribution in [-0.2, 0) is 7.05 Å². The zero-order valence-electron chi connectivity index (χ0n) is 11.7. The van der Waals surface area contributed by atoms with Gasteiger partial charge in [-0.15, -0.1) is 5.06 Å². The Kier molecular flexibility index (Phi) is 2.49. The van der Waals surface area contributed by atoms with E-state index in [1.165, 1.54) is 0 Å². The number of hydroxylamine groups is 3. The van der Waals surface area contributed by atoms with Crippen LogP contribution in [0.3, 0.4) is 0 Å². The van der Waals surface area contributed by atoms with Crippen molar-refractivity contribution in [3.63, 3.8) is 0 Å². The summed E-state index contributed by atoms with van der Waals surface area (Å²) in [7, 11) is 1.79. The molecule has 0 amide bonds. The van der Waals surface area contributed by atoms with Crippen molar-refractivity contribution in [3.8, 4) is 0 Å². The topological polar surface area (TPSA) is 67.4 Å². The number of aryl methyl sites for hydroxylation is 2. The molecule has 0 saturated heterocycles. The van der Waals surface area contributed by atoms with Crippen molar-refractivity contribution < 1.29 is 9.95 Å². The molecule has 0 atom stereocenters. The third-order valence-corrected chi connectivity index (χ3v) is 4.18. The SMILES string of the molecule is Cc1nn(C)cc1C1=[N+]([O-])C(C)(C)C(C)(C)N1O. The molecule has 1 aliphatic heterocycles. The maximum atomic E-state index is 12.5. The highest BCUT2D eigenvalue weighted by atomic mass is 16.5. The van der Waals surface area contributed by atoms with Crippen molar-refractivity contribution in [2.75, 3.05) is 0 Å². The van der Waals surface area contributed by atoms with Gasteiger partial charge in [-0.05, 0) is 34.6 Å². The second kappa shape index (κ2) is 3.47. The first-order chi connectivity index (χ1) is 8.10. The van der Waals surface area contributed by atoms with Gasteiger partial charge in [0.1, 0.15) is 11.1 Å². The van der Waals surface area contributed by atoms with Crippen LogP contribution in [0.15, 0.2) is 6.20 Å². The molecular weight excluding hydrogens is 232 g/mol. The van der Waals surface area contributed by atoms with Crippen LogP contribution in [0.5, 0.6) is 0 Å². The van der Waals surface area contributed by atoms with Crippen LogP contribution in [0.4, 0.5) is 0 Å². The lowest BCUT2D eigenvalue weighted by Crippen LogP contribution is -2.53. The van der Waals surface area contributed by atoms with Gasteiger partial charge in [-0.1, -0.05) is 0 Å². The average Bonchev–Trinajstić information content (AvgIpc) is 2.61. The molecule has 0 saturated carbocycles. The van der Waals surface area contributed by atoms with E-state index in [-0.39, 0.29) is 5.84 Å². The summed E-state index contributed by atoms with van der Waals surface area (Å²) in [6.07, 6.45) is 1.75. The summed E-state index contributed by atoms with van der Waals surface area (Å²) < 4.78 is 2.51. The van der Waals surface area contributed by atoms with E-state index in [0.29, 0.717) is 5.56 Å². The van der Waals surface area contributed by atoms with Crippen LogP contribution < -0.4 is 0 Å². The second-order valence-corrected chi connectivity index (χ2v) is 5.85. The quantitative estimate of drug-likeness (QED) is 0.603. The first-order valence-corrected chi connectivity index (χ1v) is 5.94. The van der Waals surface area contributed by atoms with Crippen molar-refractivity contribution in [2.24, 2.45) is 7.05 Å². The highest BCUT2D eigenvalue weighted by molar-refractivity contribution is 5.96. The Hall–Kier alpha value is -1.56. The molecule has 1 aromatic heterocycles. The Morgan fingerprint density at radius 3 is 2.22 bits per heavy atom. The minimum Gasteiger partial charge on any atom is -0.714 e. The number of aromatic nitrogens is 2. The maximum Gasteiger partial charge on any atom is 0.317 e. The number of nitrogens with zero attached hydrogens (tertiary/aromatic N) is 4. The summed E-state index contributed by atoms with van der Waals surface area (Å²) in [6, 6.07) is 0. The third-order valence-electron chi connectivity index (χ3n) is 4.18. The highest BCUT2D eigenvalue weighted by Gasteiger charge is 2.59. The largest absolute Gasteiger partial charge is 0.714 e. The Morgan fingerprint density at radius 2 is 1.89 bits per heavy atom. The van der Waals surface area contributed by atoms with E-state index >= 15 is 0 Å². The van der Waals surface area contributed by atoms with Gasteiger partial charge < -0.3 is 5.21 Å². The van der Waals surface area contributed by atoms with E-state index in [1.54, 1.807) is 17.9 Å². The summed E-state index contributed by atoms with van der Waals surface area (Å²) in [5.41, 5.74) is -0.0133. The molecule has 0 spiro atoms. The normalized spacial score (nSPS) is 21.8. The molecule has 1 N–H and O–H groups in total. The fourth-order valence-corrected chi connectivity index (χ4v) is 2.17. The zero-order valence-corrected chi connectivity index (χ0v) is 11.7. The van der Waals surface area contributed by atoms with Crippen LogP contribution in [0.1, 0.15) is 39.0 Å². The summed E-state index contributed by atoms with van der Waals surface area (Å²) in [6.45, 7) is 9.15. The van der Waals surface area contributed by atoms with Crippen molar-refractivity contribution in [1.82, 2.24) is 14.8 Å². The van der Waals surface area contributed by atoms with Crippen LogP contribution in [-0.4, -0.2) is 41.7 Å². The molecular formula is C12H20N4O2. The number of hydrogen-bond donors (Lipinski definition) is 1. The van der Waals surface area contributed by atoms with Crippen LogP contribution >= 0.6 is 0 Å². The van der Waals surface area contributed by atoms with E-state index in [4.69, 9.17) is 0 Å². The third kappa shape index (κ3) is 1.38. The molecule has 18 heavy (non-hydrogen) atoms. The van der Waals surface area contributed by atoms with Gasteiger partial charge in [0.25, 0.3) is 0 Å². The first-order valence-electron chi connectivity index (χ1n) is 5.94. The van der Waals surface area contributed by atoms with Gasteiger partial charge in [0.15, 0.2) is 5.54 Å². The Bertz CT molecular complexity index is 528. The fourth-order valence-electron chi connectivity index (χ4n) is 2.17. The van der Waals surface area contributed by atoms with Gasteiger partial charge >= 0.3 is 5.84 Å². The molecule has 100 valence electrons. The van der Waals surface area contributed by atoms with Gasteiger partial charge in [-0.25, -0.2) is 5.21 Å². The molecule has 6 heteroatoms. The lowest BCUT2D eigenvalue weighted by molar-refractivity contribution is -0.539. The molecule has 0 fully saturated rings. The monoisotopic (exact) mass is 252 g/mol. The molecule has 1 aliphatic rings.